The van der Waals surface area contributed by atoms with Crippen molar-refractivity contribution in [2.24, 2.45) is 0 Å². The molecular weight excluding hydrogens is 264 g/mol. The maximum Gasteiger partial charge on any atom is 0.0139 e. The van der Waals surface area contributed by atoms with E-state index < -0.39 is 0 Å². The van der Waals surface area contributed by atoms with Gasteiger partial charge in [-0.25, -0.2) is 0 Å². The van der Waals surface area contributed by atoms with Crippen LogP contribution in [-0.2, 0) is 19.3 Å². The molecule has 0 radical (unpaired) electrons. The molecule has 22 heavy (non-hydrogen) atoms. The van der Waals surface area contributed by atoms with E-state index in [1.807, 2.05) is 0 Å². The molecule has 108 valence electrons. The number of rotatable bonds is 1. The number of hydrogen-bond donors (Lipinski definition) is 0. The molecule has 0 aromatic heterocycles. The number of hydrogen-bond acceptors (Lipinski definition) is 0. The summed E-state index contributed by atoms with van der Waals surface area (Å²) >= 11 is 0. The van der Waals surface area contributed by atoms with Gasteiger partial charge < -0.3 is 0 Å². The molecule has 3 aromatic rings. The molecule has 0 aliphatic heterocycles. The van der Waals surface area contributed by atoms with Crippen LogP contribution in [0.1, 0.15) is 46.6 Å². The van der Waals surface area contributed by atoms with E-state index in [4.69, 9.17) is 0 Å². The zero-order valence-electron chi connectivity index (χ0n) is 12.8. The maximum absolute atomic E-state index is 2.39. The highest BCUT2D eigenvalue weighted by atomic mass is 14.3. The smallest absolute Gasteiger partial charge is 0.0139 e. The van der Waals surface area contributed by atoms with Crippen LogP contribution in [0.2, 0.25) is 0 Å². The second-order valence-corrected chi connectivity index (χ2v) is 6.81. The lowest BCUT2D eigenvalue weighted by Gasteiger charge is -2.23. The summed E-state index contributed by atoms with van der Waals surface area (Å²) in [6.45, 7) is 0. The third kappa shape index (κ3) is 1.70. The van der Waals surface area contributed by atoms with Gasteiger partial charge in [-0.3, -0.25) is 0 Å². The van der Waals surface area contributed by atoms with Gasteiger partial charge in [0, 0.05) is 5.92 Å². The number of fused-ring (bicyclic) bond motifs is 1. The van der Waals surface area contributed by atoms with Crippen molar-refractivity contribution in [1.82, 2.24) is 0 Å². The zero-order valence-corrected chi connectivity index (χ0v) is 12.8. The quantitative estimate of drug-likeness (QED) is 0.560. The summed E-state index contributed by atoms with van der Waals surface area (Å²) in [6, 6.07) is 20.6. The first-order chi connectivity index (χ1) is 10.9. The summed E-state index contributed by atoms with van der Waals surface area (Å²) in [5.74, 6) is 0.564. The largest absolute Gasteiger partial charge is 0.0617 e. The minimum Gasteiger partial charge on any atom is -0.0617 e. The molecule has 0 saturated carbocycles. The van der Waals surface area contributed by atoms with E-state index in [0.29, 0.717) is 5.92 Å². The van der Waals surface area contributed by atoms with Gasteiger partial charge in [0.15, 0.2) is 0 Å². The van der Waals surface area contributed by atoms with E-state index in [2.05, 4.69) is 54.6 Å². The Morgan fingerprint density at radius 1 is 0.682 bits per heavy atom. The summed E-state index contributed by atoms with van der Waals surface area (Å²) in [7, 11) is 0. The Hall–Kier alpha value is -2.08. The van der Waals surface area contributed by atoms with Crippen LogP contribution in [-0.4, -0.2) is 0 Å². The molecular formula is C22H20. The van der Waals surface area contributed by atoms with Crippen molar-refractivity contribution in [1.29, 1.82) is 0 Å². The van der Waals surface area contributed by atoms with Crippen LogP contribution in [0.15, 0.2) is 54.6 Å². The highest BCUT2D eigenvalue weighted by Crippen LogP contribution is 2.43. The maximum atomic E-state index is 2.39. The molecule has 0 amide bonds. The van der Waals surface area contributed by atoms with E-state index >= 15 is 0 Å². The topological polar surface area (TPSA) is 0 Å². The van der Waals surface area contributed by atoms with Gasteiger partial charge in [0.1, 0.15) is 0 Å². The second-order valence-electron chi connectivity index (χ2n) is 6.81. The van der Waals surface area contributed by atoms with E-state index in [1.165, 1.54) is 48.4 Å². The number of aryl methyl sites for hydroxylation is 1. The van der Waals surface area contributed by atoms with Gasteiger partial charge in [0.25, 0.3) is 0 Å². The Bertz CT molecular complexity index is 867. The molecule has 0 nitrogen and oxygen atoms in total. The fourth-order valence-electron chi connectivity index (χ4n) is 4.65. The predicted molar refractivity (Wildman–Crippen MR) is 92.6 cm³/mol. The van der Waals surface area contributed by atoms with Crippen molar-refractivity contribution in [2.45, 2.75) is 38.0 Å². The summed E-state index contributed by atoms with van der Waals surface area (Å²) in [5, 5.41) is 2.92. The molecule has 0 fully saturated rings. The molecule has 0 saturated heterocycles. The lowest BCUT2D eigenvalue weighted by molar-refractivity contribution is 0.670. The molecule has 2 aliphatic rings. The van der Waals surface area contributed by atoms with Gasteiger partial charge in [-0.05, 0) is 70.7 Å². The zero-order chi connectivity index (χ0) is 14.5. The van der Waals surface area contributed by atoms with Crippen LogP contribution in [0, 0.1) is 0 Å². The van der Waals surface area contributed by atoms with Crippen molar-refractivity contribution in [3.63, 3.8) is 0 Å². The molecule has 0 heteroatoms. The molecule has 0 heterocycles. The van der Waals surface area contributed by atoms with E-state index in [1.54, 1.807) is 22.3 Å². The van der Waals surface area contributed by atoms with Crippen molar-refractivity contribution >= 4 is 10.8 Å². The highest BCUT2D eigenvalue weighted by Gasteiger charge is 2.28. The Morgan fingerprint density at radius 3 is 2.36 bits per heavy atom. The fourth-order valence-corrected chi connectivity index (χ4v) is 4.65. The van der Waals surface area contributed by atoms with E-state index in [9.17, 15) is 0 Å². The van der Waals surface area contributed by atoms with E-state index in [-0.39, 0.29) is 0 Å². The highest BCUT2D eigenvalue weighted by molar-refractivity contribution is 5.92. The van der Waals surface area contributed by atoms with Gasteiger partial charge in [-0.15, -0.1) is 0 Å². The average Bonchev–Trinajstić information content (AvgIpc) is 2.95. The third-order valence-electron chi connectivity index (χ3n) is 5.63. The molecule has 2 aliphatic carbocycles. The summed E-state index contributed by atoms with van der Waals surface area (Å²) < 4.78 is 0. The van der Waals surface area contributed by atoms with Crippen LogP contribution in [0.4, 0.5) is 0 Å². The average molecular weight is 284 g/mol. The van der Waals surface area contributed by atoms with Crippen molar-refractivity contribution in [2.75, 3.05) is 0 Å². The Morgan fingerprint density at radius 2 is 1.41 bits per heavy atom. The van der Waals surface area contributed by atoms with E-state index in [0.717, 1.165) is 0 Å². The van der Waals surface area contributed by atoms with Gasteiger partial charge in [0.05, 0.1) is 0 Å². The summed E-state index contributed by atoms with van der Waals surface area (Å²) in [4.78, 5) is 0. The molecule has 0 N–H and O–H groups in total. The summed E-state index contributed by atoms with van der Waals surface area (Å²) in [5.41, 5.74) is 7.94. The Kier molecular flexibility index (Phi) is 2.67. The normalized spacial score (nSPS) is 19.4. The minimum atomic E-state index is 0.564. The fraction of sp³-hybridized carbons (Fsp3) is 0.273. The SMILES string of the molecule is c1cc2c(c(C3Cc4cccc5cccc3c45)c1)CCCC2. The standard InChI is InChI=1S/C22H20/c1-2-11-18-15(6-1)7-4-12-19(18)21-14-17-10-3-8-16-9-5-13-20(21)22(16)17/h3-5,7-10,12-13,21H,1-2,6,11,14H2. The molecule has 0 bridgehead atoms. The molecule has 1 unspecified atom stereocenters. The van der Waals surface area contributed by atoms with Crippen molar-refractivity contribution in [3.05, 3.63) is 82.4 Å². The van der Waals surface area contributed by atoms with Crippen LogP contribution >= 0.6 is 0 Å². The monoisotopic (exact) mass is 284 g/mol. The molecule has 5 rings (SSSR count). The van der Waals surface area contributed by atoms with Crippen LogP contribution in [0.25, 0.3) is 10.8 Å². The van der Waals surface area contributed by atoms with Crippen LogP contribution < -0.4 is 0 Å². The minimum absolute atomic E-state index is 0.564. The molecule has 0 spiro atoms. The van der Waals surface area contributed by atoms with Crippen LogP contribution in [0.5, 0.6) is 0 Å². The molecule has 1 atom stereocenters. The van der Waals surface area contributed by atoms with Gasteiger partial charge in [-0.2, -0.15) is 0 Å². The van der Waals surface area contributed by atoms with Gasteiger partial charge in [0.2, 0.25) is 0 Å². The van der Waals surface area contributed by atoms with Gasteiger partial charge >= 0.3 is 0 Å². The molecule has 3 aromatic carbocycles. The third-order valence-corrected chi connectivity index (χ3v) is 5.63. The van der Waals surface area contributed by atoms with Crippen molar-refractivity contribution < 1.29 is 0 Å². The predicted octanol–water partition coefficient (Wildman–Crippen LogP) is 5.41. The second kappa shape index (κ2) is 4.71. The van der Waals surface area contributed by atoms with Gasteiger partial charge in [-0.1, -0.05) is 54.6 Å². The summed E-state index contributed by atoms with van der Waals surface area (Å²) in [6.07, 6.45) is 6.43. The Balaban J connectivity index is 1.72. The number of benzene rings is 3. The first-order valence-corrected chi connectivity index (χ1v) is 8.53. The first kappa shape index (κ1) is 12.5. The lowest BCUT2D eigenvalue weighted by Crippen LogP contribution is -2.10. The van der Waals surface area contributed by atoms with Crippen LogP contribution in [0.3, 0.4) is 0 Å². The van der Waals surface area contributed by atoms with Crippen molar-refractivity contribution in [3.8, 4) is 0 Å². The first-order valence-electron chi connectivity index (χ1n) is 8.53. The lowest BCUT2D eigenvalue weighted by atomic mass is 9.81. The Labute approximate surface area is 131 Å².